The summed E-state index contributed by atoms with van der Waals surface area (Å²) < 4.78 is 24.1. The van der Waals surface area contributed by atoms with E-state index >= 15 is 0 Å². The van der Waals surface area contributed by atoms with E-state index in [1.54, 1.807) is 12.3 Å². The van der Waals surface area contributed by atoms with E-state index in [-0.39, 0.29) is 11.6 Å². The third-order valence-corrected chi connectivity index (χ3v) is 3.46. The van der Waals surface area contributed by atoms with E-state index < -0.39 is 5.82 Å². The highest BCUT2D eigenvalue weighted by Gasteiger charge is 2.20. The van der Waals surface area contributed by atoms with Gasteiger partial charge in [-0.05, 0) is 31.0 Å². The van der Waals surface area contributed by atoms with Crippen molar-refractivity contribution in [2.24, 2.45) is 0 Å². The molecule has 1 aliphatic carbocycles. The minimum atomic E-state index is -0.488. The minimum absolute atomic E-state index is 0.0868. The highest BCUT2D eigenvalue weighted by molar-refractivity contribution is 6.30. The molecule has 0 unspecified atom stereocenters. The quantitative estimate of drug-likeness (QED) is 0.877. The van der Waals surface area contributed by atoms with Crippen molar-refractivity contribution in [1.82, 2.24) is 5.32 Å². The number of hydrogen-bond donors (Lipinski definition) is 1. The number of benzene rings is 1. The van der Waals surface area contributed by atoms with Crippen molar-refractivity contribution in [3.63, 3.8) is 0 Å². The second-order valence-corrected chi connectivity index (χ2v) is 5.35. The zero-order chi connectivity index (χ0) is 13.9. The molecule has 0 amide bonds. The molecule has 1 aromatic carbocycles. The third kappa shape index (κ3) is 3.52. The topological polar surface area (TPSA) is 34.4 Å². The first kappa shape index (κ1) is 13.5. The van der Waals surface area contributed by atoms with Gasteiger partial charge >= 0.3 is 0 Å². The van der Waals surface area contributed by atoms with Gasteiger partial charge in [-0.25, -0.2) is 4.39 Å². The molecular formula is C15H15ClFNO2. The number of ether oxygens (including phenoxy) is 1. The van der Waals surface area contributed by atoms with Gasteiger partial charge in [0.25, 0.3) is 0 Å². The summed E-state index contributed by atoms with van der Waals surface area (Å²) >= 11 is 5.61. The van der Waals surface area contributed by atoms with E-state index in [1.165, 1.54) is 25.0 Å². The van der Waals surface area contributed by atoms with Crippen molar-refractivity contribution in [3.05, 3.63) is 52.7 Å². The Morgan fingerprint density at radius 3 is 2.95 bits per heavy atom. The van der Waals surface area contributed by atoms with Crippen LogP contribution in [-0.2, 0) is 13.2 Å². The molecule has 1 fully saturated rings. The van der Waals surface area contributed by atoms with Gasteiger partial charge in [-0.2, -0.15) is 0 Å². The molecule has 0 atom stereocenters. The Morgan fingerprint density at radius 1 is 1.35 bits per heavy atom. The maximum Gasteiger partial charge on any atom is 0.146 e. The predicted molar refractivity (Wildman–Crippen MR) is 74.3 cm³/mol. The van der Waals surface area contributed by atoms with E-state index in [0.29, 0.717) is 17.6 Å². The number of hydrogen-bond acceptors (Lipinski definition) is 3. The van der Waals surface area contributed by atoms with Gasteiger partial charge in [0.1, 0.15) is 23.9 Å². The molecule has 3 nitrogen and oxygen atoms in total. The lowest BCUT2D eigenvalue weighted by molar-refractivity contribution is 0.269. The number of rotatable bonds is 6. The van der Waals surface area contributed by atoms with Crippen LogP contribution in [0.4, 0.5) is 4.39 Å². The van der Waals surface area contributed by atoms with Gasteiger partial charge in [-0.15, -0.1) is 0 Å². The fourth-order valence-corrected chi connectivity index (χ4v) is 1.98. The zero-order valence-electron chi connectivity index (χ0n) is 10.9. The van der Waals surface area contributed by atoms with Crippen molar-refractivity contribution >= 4 is 11.6 Å². The summed E-state index contributed by atoms with van der Waals surface area (Å²) in [6.45, 7) is 1.08. The molecule has 5 heteroatoms. The Labute approximate surface area is 121 Å². The smallest absolute Gasteiger partial charge is 0.146 e. The van der Waals surface area contributed by atoms with E-state index in [2.05, 4.69) is 5.32 Å². The lowest BCUT2D eigenvalue weighted by Crippen LogP contribution is -2.14. The first-order chi connectivity index (χ1) is 9.70. The molecule has 1 saturated carbocycles. The van der Waals surface area contributed by atoms with Crippen molar-refractivity contribution < 1.29 is 13.5 Å². The van der Waals surface area contributed by atoms with Crippen LogP contribution >= 0.6 is 11.6 Å². The molecule has 0 bridgehead atoms. The molecule has 0 saturated heterocycles. The van der Waals surface area contributed by atoms with Gasteiger partial charge in [0.15, 0.2) is 0 Å². The van der Waals surface area contributed by atoms with E-state index in [0.717, 1.165) is 12.1 Å². The van der Waals surface area contributed by atoms with Crippen molar-refractivity contribution in [3.8, 4) is 5.75 Å². The van der Waals surface area contributed by atoms with Gasteiger partial charge in [0.05, 0.1) is 11.3 Å². The lowest BCUT2D eigenvalue weighted by atomic mass is 10.3. The molecule has 0 aliphatic heterocycles. The first-order valence-corrected chi connectivity index (χ1v) is 6.96. The van der Waals surface area contributed by atoms with Crippen LogP contribution in [0.15, 0.2) is 34.9 Å². The average Bonchev–Trinajstić information content (AvgIpc) is 3.16. The van der Waals surface area contributed by atoms with Crippen LogP contribution in [0, 0.1) is 5.82 Å². The Kier molecular flexibility index (Phi) is 3.94. The number of furan rings is 1. The normalized spacial score (nSPS) is 14.5. The average molecular weight is 296 g/mol. The molecule has 3 rings (SSSR count). The Morgan fingerprint density at radius 2 is 2.20 bits per heavy atom. The van der Waals surface area contributed by atoms with Crippen LogP contribution in [0.1, 0.15) is 24.2 Å². The van der Waals surface area contributed by atoms with Gasteiger partial charge in [0, 0.05) is 24.2 Å². The van der Waals surface area contributed by atoms with Crippen LogP contribution in [0.5, 0.6) is 5.75 Å². The van der Waals surface area contributed by atoms with E-state index in [4.69, 9.17) is 20.8 Å². The summed E-state index contributed by atoms with van der Waals surface area (Å²) in [5, 5.41) is 3.50. The molecule has 0 radical (unpaired) electrons. The summed E-state index contributed by atoms with van der Waals surface area (Å²) in [5.74, 6) is 0.659. The molecule has 1 aromatic heterocycles. The SMILES string of the molecule is Fc1cc(OCc2cc(CNC3CC3)co2)ccc1Cl. The highest BCUT2D eigenvalue weighted by Crippen LogP contribution is 2.22. The van der Waals surface area contributed by atoms with Crippen LogP contribution in [0.2, 0.25) is 5.02 Å². The van der Waals surface area contributed by atoms with Crippen LogP contribution in [0.25, 0.3) is 0 Å². The van der Waals surface area contributed by atoms with Gasteiger partial charge in [0.2, 0.25) is 0 Å². The van der Waals surface area contributed by atoms with Gasteiger partial charge in [-0.3, -0.25) is 0 Å². The Balaban J connectivity index is 1.53. The summed E-state index contributed by atoms with van der Waals surface area (Å²) in [4.78, 5) is 0. The Hall–Kier alpha value is -1.52. The number of halogens is 2. The molecule has 106 valence electrons. The van der Waals surface area contributed by atoms with E-state index in [9.17, 15) is 4.39 Å². The molecule has 20 heavy (non-hydrogen) atoms. The second-order valence-electron chi connectivity index (χ2n) is 4.94. The monoisotopic (exact) mass is 295 g/mol. The molecule has 1 aliphatic rings. The fraction of sp³-hybridized carbons (Fsp3) is 0.333. The summed E-state index contributed by atoms with van der Waals surface area (Å²) in [6, 6.07) is 6.98. The predicted octanol–water partition coefficient (Wildman–Crippen LogP) is 3.90. The van der Waals surface area contributed by atoms with Crippen LogP contribution < -0.4 is 10.1 Å². The van der Waals surface area contributed by atoms with Crippen LogP contribution in [-0.4, -0.2) is 6.04 Å². The third-order valence-electron chi connectivity index (χ3n) is 3.15. The molecule has 0 spiro atoms. The molecule has 2 aromatic rings. The van der Waals surface area contributed by atoms with Crippen molar-refractivity contribution in [2.75, 3.05) is 0 Å². The van der Waals surface area contributed by atoms with Gasteiger partial charge in [-0.1, -0.05) is 11.6 Å². The summed E-state index contributed by atoms with van der Waals surface area (Å²) in [6.07, 6.45) is 4.24. The first-order valence-electron chi connectivity index (χ1n) is 6.58. The lowest BCUT2D eigenvalue weighted by Gasteiger charge is -2.04. The second kappa shape index (κ2) is 5.85. The fourth-order valence-electron chi connectivity index (χ4n) is 1.87. The van der Waals surface area contributed by atoms with Crippen molar-refractivity contribution in [1.29, 1.82) is 0 Å². The van der Waals surface area contributed by atoms with Crippen molar-refractivity contribution in [2.45, 2.75) is 32.0 Å². The minimum Gasteiger partial charge on any atom is -0.486 e. The summed E-state index contributed by atoms with van der Waals surface area (Å²) in [7, 11) is 0. The highest BCUT2D eigenvalue weighted by atomic mass is 35.5. The Bertz CT molecular complexity index is 595. The maximum absolute atomic E-state index is 13.2. The largest absolute Gasteiger partial charge is 0.486 e. The molecule has 1 N–H and O–H groups in total. The van der Waals surface area contributed by atoms with Crippen LogP contribution in [0.3, 0.4) is 0 Å². The number of nitrogens with one attached hydrogen (secondary N) is 1. The maximum atomic E-state index is 13.2. The molecular weight excluding hydrogens is 281 g/mol. The van der Waals surface area contributed by atoms with E-state index in [1.807, 2.05) is 6.07 Å². The standard InChI is InChI=1S/C15H15ClFNO2/c16-14-4-3-12(6-15(14)17)20-9-13-5-10(8-19-13)7-18-11-1-2-11/h3-6,8,11,18H,1-2,7,9H2. The summed E-state index contributed by atoms with van der Waals surface area (Å²) in [5.41, 5.74) is 1.10. The zero-order valence-corrected chi connectivity index (χ0v) is 11.6. The molecule has 1 heterocycles. The van der Waals surface area contributed by atoms with Gasteiger partial charge < -0.3 is 14.5 Å².